The Bertz CT molecular complexity index is 2890. The molecule has 16 heteroatoms. The summed E-state index contributed by atoms with van der Waals surface area (Å²) < 4.78 is 28.7. The first kappa shape index (κ1) is 88.3. The Morgan fingerprint density at radius 3 is 1.22 bits per heavy atom. The Hall–Kier alpha value is -0.374. The number of fused-ring (bicyclic) bond motifs is 15. The van der Waals surface area contributed by atoms with Gasteiger partial charge in [0.25, 0.3) is 0 Å². The van der Waals surface area contributed by atoms with E-state index in [2.05, 4.69) is 100 Å². The summed E-state index contributed by atoms with van der Waals surface area (Å²) in [5, 5.41) is 55.0. The van der Waals surface area contributed by atoms with Gasteiger partial charge in [-0.3, -0.25) is 0 Å². The maximum Gasteiger partial charge on any atom is 1.00 e. The molecule has 98 heavy (non-hydrogen) atoms. The summed E-state index contributed by atoms with van der Waals surface area (Å²) in [6.45, 7) is 29.8. The maximum absolute atomic E-state index is 10.8. The average molecular weight is 1530 g/mol. The third-order valence-corrected chi connectivity index (χ3v) is 33.0. The molecule has 12 fully saturated rings. The number of aromatic nitrogens is 2. The fourth-order valence-corrected chi connectivity index (χ4v) is 26.8. The number of hydrogen-bond acceptors (Lipinski definition) is 12. The van der Waals surface area contributed by atoms with Gasteiger partial charge in [0.05, 0.1) is 48.0 Å². The predicted molar refractivity (Wildman–Crippen MR) is 400 cm³/mol. The molecule has 4 N–H and O–H groups in total. The smallest absolute Gasteiger partial charge is 1.00 e. The van der Waals surface area contributed by atoms with Gasteiger partial charge in [0.15, 0.2) is 0 Å². The second kappa shape index (κ2) is 33.4. The first-order valence-electron chi connectivity index (χ1n) is 37.5. The van der Waals surface area contributed by atoms with E-state index in [0.29, 0.717) is 51.8 Å². The standard InChI is InChI=1S/C27H45NO3Si.C24H37NO3.C22H37NO3.C5H10Si.4CH4.Cs.FH/c1-25(29)13-14-27(17-30-3)18(16-25)7-8-19-20-9-10-22(26(20,2)12-11-21(19)27)23-15-24(31-28-23)32(4,5)6;1-22(26)11-12-24(15-27-3)16(14-22)4-5-17-18-6-7-20(21-9-13-28-25-21)23(18,2)10-8-19(17)24;1-20(24)10-11-22(14-26-3)15(12-20)4-6-17-18-7-5-16(13-23-25)21(18,2)9-8-19(17)22;1-5-6(2,3)4;;;;;;/h15,18-22,29H,7-14,16-17H2,1-6H3;9,13,16-20,26H,4-8,10-12,14-15H2,1-3H3;13,15-19,24-25H,4-12,14H2,1-3H3;1H,2-4H3;4*1H4;;1H/q;;;;;;;;+1;/p-1/b;;23-13+;;;;;;;/t18-,19-,20-,21-,22+,25+,26-,27+;16-,17-,18-,19-,20+,22+,23-,24+;15-,16+,17-,18-,19-,20+,21+,22+;;;;;;;/m000......./s1. The minimum atomic E-state index is -1.47. The Labute approximate surface area is 658 Å². The molecule has 14 rings (SSSR count). The van der Waals surface area contributed by atoms with Crippen LogP contribution in [0.5, 0.6) is 0 Å². The summed E-state index contributed by atoms with van der Waals surface area (Å²) in [6, 6.07) is 4.42. The number of methoxy groups -OCH3 is 3. The van der Waals surface area contributed by atoms with Crippen LogP contribution in [-0.2, 0) is 14.2 Å². The summed E-state index contributed by atoms with van der Waals surface area (Å²) in [4.78, 5) is 0. The van der Waals surface area contributed by atoms with Crippen LogP contribution in [0, 0.1) is 121 Å². The summed E-state index contributed by atoms with van der Waals surface area (Å²) >= 11 is 0. The number of ether oxygens (including phenoxy) is 3. The number of aliphatic hydroxyl groups is 3. The van der Waals surface area contributed by atoms with Gasteiger partial charge >= 0.3 is 68.9 Å². The molecule has 24 atom stereocenters. The van der Waals surface area contributed by atoms with Gasteiger partial charge in [-0.1, -0.05) is 100 Å². The Kier molecular flexibility index (Phi) is 30.1. The third-order valence-electron chi connectivity index (χ3n) is 30.4. The molecule has 0 aliphatic heterocycles. The Morgan fingerprint density at radius 1 is 0.520 bits per heavy atom. The molecule has 0 amide bonds. The van der Waals surface area contributed by atoms with Crippen molar-refractivity contribution in [3.05, 3.63) is 29.8 Å². The first-order chi connectivity index (χ1) is 43.3. The molecule has 12 aliphatic carbocycles. The average Bonchev–Trinajstić information content (AvgIpc) is 1.29. The van der Waals surface area contributed by atoms with Crippen LogP contribution >= 0.6 is 0 Å². The fourth-order valence-electron chi connectivity index (χ4n) is 25.9. The molecule has 12 nitrogen and oxygen atoms in total. The Morgan fingerprint density at radius 2 is 0.888 bits per heavy atom. The second-order valence-corrected chi connectivity index (χ2v) is 47.4. The molecule has 0 unspecified atom stereocenters. The monoisotopic (exact) mass is 1520 g/mol. The Balaban J connectivity index is 0.000000248. The minimum absolute atomic E-state index is 0. The molecule has 12 saturated carbocycles. The summed E-state index contributed by atoms with van der Waals surface area (Å²) in [6.07, 6.45) is 40.8. The number of rotatable bonds is 10. The summed E-state index contributed by atoms with van der Waals surface area (Å²) in [5.74, 6) is 10.4. The molecular formula is C82H145CsFN3O9Si2. The van der Waals surface area contributed by atoms with Gasteiger partial charge in [-0.05, 0) is 304 Å². The van der Waals surface area contributed by atoms with E-state index in [4.69, 9.17) is 34.9 Å². The maximum atomic E-state index is 10.8. The van der Waals surface area contributed by atoms with Crippen LogP contribution in [0.4, 0.5) is 0 Å². The van der Waals surface area contributed by atoms with Gasteiger partial charge in [0.1, 0.15) is 27.8 Å². The molecule has 2 aromatic heterocycles. The molecule has 0 saturated heterocycles. The number of halogens is 1. The fraction of sp³-hybridized carbons (Fsp3) is 0.890. The van der Waals surface area contributed by atoms with Crippen LogP contribution in [0.1, 0.15) is 268 Å². The van der Waals surface area contributed by atoms with E-state index in [0.717, 1.165) is 136 Å². The second-order valence-electron chi connectivity index (χ2n) is 37.6. The molecule has 12 aliphatic rings. The molecular weight excluding hydrogens is 1380 g/mol. The van der Waals surface area contributed by atoms with Crippen molar-refractivity contribution in [2.75, 3.05) is 41.2 Å². The van der Waals surface area contributed by atoms with Gasteiger partial charge in [0, 0.05) is 51.4 Å². The van der Waals surface area contributed by atoms with Crippen LogP contribution in [0.15, 0.2) is 32.6 Å². The van der Waals surface area contributed by atoms with Crippen LogP contribution in [0.2, 0.25) is 39.3 Å². The van der Waals surface area contributed by atoms with E-state index in [1.54, 1.807) is 6.26 Å². The topological polar surface area (TPSA) is 173 Å². The number of oxime groups is 1. The zero-order valence-corrected chi connectivity index (χ0v) is 70.1. The minimum Gasteiger partial charge on any atom is -1.00 e. The van der Waals surface area contributed by atoms with Gasteiger partial charge in [-0.15, -0.1) is 17.1 Å². The first-order valence-corrected chi connectivity index (χ1v) is 44.5. The molecule has 2 aromatic rings. The molecule has 0 radical (unpaired) electrons. The summed E-state index contributed by atoms with van der Waals surface area (Å²) in [5.41, 5.74) is 5.53. The zero-order chi connectivity index (χ0) is 66.3. The molecule has 0 bridgehead atoms. The van der Waals surface area contributed by atoms with E-state index in [9.17, 15) is 15.3 Å². The third kappa shape index (κ3) is 16.5. The summed E-state index contributed by atoms with van der Waals surface area (Å²) in [7, 11) is 3.05. The number of terminal acetylenes is 1. The van der Waals surface area contributed by atoms with Gasteiger partial charge in [0.2, 0.25) is 0 Å². The normalized spacial score (nSPS) is 44.6. The SMILES string of the molecule is C.C.C.C.C#C[Si](C)(C)C.COC[C@]12CC[C@@](C)(O)C[C@@H]1CC[C@H]1[C@@H]3CC[C@H](/C=N/O)[C@@]3(C)CC[C@@H]12.COC[C@]12CC[C@@](C)(O)C[C@@H]1CC[C@H]1[C@@H]3CC[C@H](c4cc([Si](C)(C)C)on4)[C@@]3(C)CC[C@@H]12.COC[C@]12CC[C@@](C)(O)C[C@@H]1CC[C@H]1[C@@H]3CC[C@H](c4ccon4)[C@@]3(C)CC[C@@H]12.[Cs+].[F-]. The van der Waals surface area contributed by atoms with Crippen molar-refractivity contribution in [2.45, 2.75) is 313 Å². The van der Waals surface area contributed by atoms with Crippen LogP contribution < -0.4 is 79.0 Å². The quantitative estimate of drug-likeness (QED) is 0.0586. The number of nitrogens with zero attached hydrogens (tertiary/aromatic N) is 3. The van der Waals surface area contributed by atoms with E-state index >= 15 is 0 Å². The van der Waals surface area contributed by atoms with Gasteiger partial charge in [-0.25, -0.2) is 0 Å². The number of hydrogen-bond donors (Lipinski definition) is 4. The predicted octanol–water partition coefficient (Wildman–Crippen LogP) is 13.4. The van der Waals surface area contributed by atoms with Crippen molar-refractivity contribution < 1.29 is 117 Å². The van der Waals surface area contributed by atoms with Gasteiger partial charge in [-0.2, -0.15) is 0 Å². The molecule has 0 spiro atoms. The van der Waals surface area contributed by atoms with Crippen molar-refractivity contribution in [1.29, 1.82) is 0 Å². The van der Waals surface area contributed by atoms with Crippen molar-refractivity contribution in [1.82, 2.24) is 10.3 Å². The van der Waals surface area contributed by atoms with Crippen molar-refractivity contribution >= 4 is 27.7 Å². The van der Waals surface area contributed by atoms with E-state index in [1.165, 1.54) is 127 Å². The van der Waals surface area contributed by atoms with Crippen LogP contribution in [0.3, 0.4) is 0 Å². The zero-order valence-electron chi connectivity index (χ0n) is 61.8. The molecule has 2 heterocycles. The largest absolute Gasteiger partial charge is 1.00 e. The van der Waals surface area contributed by atoms with Crippen molar-refractivity contribution in [3.63, 3.8) is 0 Å². The van der Waals surface area contributed by atoms with E-state index in [-0.39, 0.29) is 120 Å². The van der Waals surface area contributed by atoms with Crippen molar-refractivity contribution in [2.24, 2.45) is 115 Å². The molecule has 558 valence electrons. The van der Waals surface area contributed by atoms with Crippen molar-refractivity contribution in [3.8, 4) is 12.0 Å². The van der Waals surface area contributed by atoms with Crippen LogP contribution in [-0.4, -0.2) is 111 Å². The van der Waals surface area contributed by atoms with E-state index in [1.807, 2.05) is 41.4 Å². The van der Waals surface area contributed by atoms with Crippen LogP contribution in [0.25, 0.3) is 0 Å². The van der Waals surface area contributed by atoms with Gasteiger partial charge < -0.3 is 48.5 Å². The van der Waals surface area contributed by atoms with E-state index < -0.39 is 33.0 Å². The molecule has 0 aromatic carbocycles.